The van der Waals surface area contributed by atoms with Crippen LogP contribution >= 0.6 is 11.8 Å². The van der Waals surface area contributed by atoms with Gasteiger partial charge in [-0.25, -0.2) is 4.68 Å². The van der Waals surface area contributed by atoms with Gasteiger partial charge < -0.3 is 5.11 Å². The molecule has 4 rings (SSSR count). The van der Waals surface area contributed by atoms with Crippen molar-refractivity contribution in [3.8, 4) is 0 Å². The second kappa shape index (κ2) is 6.42. The van der Waals surface area contributed by atoms with Gasteiger partial charge in [-0.3, -0.25) is 0 Å². The number of fused-ring (bicyclic) bond motifs is 1. The molecule has 24 heavy (non-hydrogen) atoms. The zero-order valence-electron chi connectivity index (χ0n) is 13.3. The first kappa shape index (κ1) is 15.4. The number of hydrogen-bond acceptors (Lipinski definition) is 4. The van der Waals surface area contributed by atoms with Gasteiger partial charge >= 0.3 is 0 Å². The SMILES string of the molecule is OC(c1ccccc1)(c1ccccc1)c1nnn2c1CSCCC2. The van der Waals surface area contributed by atoms with E-state index in [2.05, 4.69) is 10.3 Å². The van der Waals surface area contributed by atoms with Crippen molar-refractivity contribution in [2.75, 3.05) is 5.75 Å². The Morgan fingerprint density at radius 2 is 1.58 bits per heavy atom. The van der Waals surface area contributed by atoms with E-state index in [9.17, 15) is 5.11 Å². The van der Waals surface area contributed by atoms with E-state index in [1.165, 1.54) is 0 Å². The monoisotopic (exact) mass is 337 g/mol. The number of benzene rings is 2. The van der Waals surface area contributed by atoms with Gasteiger partial charge in [0.2, 0.25) is 0 Å². The van der Waals surface area contributed by atoms with Gasteiger partial charge in [-0.2, -0.15) is 11.8 Å². The average molecular weight is 337 g/mol. The van der Waals surface area contributed by atoms with Crippen LogP contribution in [0.5, 0.6) is 0 Å². The zero-order valence-corrected chi connectivity index (χ0v) is 14.1. The van der Waals surface area contributed by atoms with Gasteiger partial charge in [-0.1, -0.05) is 65.9 Å². The van der Waals surface area contributed by atoms with Crippen LogP contribution in [0.15, 0.2) is 60.7 Å². The fourth-order valence-corrected chi connectivity index (χ4v) is 4.18. The highest BCUT2D eigenvalue weighted by Crippen LogP contribution is 2.38. The summed E-state index contributed by atoms with van der Waals surface area (Å²) in [6, 6.07) is 19.5. The van der Waals surface area contributed by atoms with Crippen LogP contribution in [-0.2, 0) is 17.9 Å². The third kappa shape index (κ3) is 2.54. The van der Waals surface area contributed by atoms with Gasteiger partial charge in [0.05, 0.1) is 5.69 Å². The number of nitrogens with zero attached hydrogens (tertiary/aromatic N) is 3. The molecule has 0 unspecified atom stereocenters. The summed E-state index contributed by atoms with van der Waals surface area (Å²) in [5, 5.41) is 20.6. The molecule has 0 saturated carbocycles. The number of aromatic nitrogens is 3. The van der Waals surface area contributed by atoms with E-state index in [0.29, 0.717) is 5.69 Å². The summed E-state index contributed by atoms with van der Waals surface area (Å²) < 4.78 is 1.95. The molecule has 1 N–H and O–H groups in total. The van der Waals surface area contributed by atoms with Crippen LogP contribution in [0.2, 0.25) is 0 Å². The summed E-state index contributed by atoms with van der Waals surface area (Å²) in [7, 11) is 0. The van der Waals surface area contributed by atoms with Gasteiger partial charge in [-0.15, -0.1) is 5.10 Å². The molecule has 4 nitrogen and oxygen atoms in total. The highest BCUT2D eigenvalue weighted by atomic mass is 32.2. The highest BCUT2D eigenvalue weighted by Gasteiger charge is 2.39. The maximum atomic E-state index is 11.8. The molecule has 1 aromatic heterocycles. The lowest BCUT2D eigenvalue weighted by molar-refractivity contribution is 0.120. The number of hydrogen-bond donors (Lipinski definition) is 1. The fraction of sp³-hybridized carbons (Fsp3) is 0.263. The highest BCUT2D eigenvalue weighted by molar-refractivity contribution is 7.98. The van der Waals surface area contributed by atoms with E-state index in [0.717, 1.165) is 41.3 Å². The number of aliphatic hydroxyl groups is 1. The van der Waals surface area contributed by atoms with Gasteiger partial charge in [-0.05, 0) is 23.3 Å². The third-order valence-electron chi connectivity index (χ3n) is 4.46. The Balaban J connectivity index is 1.93. The number of aryl methyl sites for hydroxylation is 1. The third-order valence-corrected chi connectivity index (χ3v) is 5.52. The Labute approximate surface area is 145 Å². The molecule has 5 heteroatoms. The Morgan fingerprint density at radius 1 is 0.958 bits per heavy atom. The van der Waals surface area contributed by atoms with Crippen molar-refractivity contribution in [3.63, 3.8) is 0 Å². The van der Waals surface area contributed by atoms with Crippen LogP contribution in [-0.4, -0.2) is 25.9 Å². The van der Waals surface area contributed by atoms with E-state index in [1.807, 2.05) is 77.1 Å². The van der Waals surface area contributed by atoms with Gasteiger partial charge in [0.1, 0.15) is 5.69 Å². The molecular formula is C19H19N3OS. The lowest BCUT2D eigenvalue weighted by Gasteiger charge is -2.28. The largest absolute Gasteiger partial charge is 0.374 e. The maximum Gasteiger partial charge on any atom is 0.161 e. The van der Waals surface area contributed by atoms with Gasteiger partial charge in [0.15, 0.2) is 5.60 Å². The van der Waals surface area contributed by atoms with Gasteiger partial charge in [0.25, 0.3) is 0 Å². The molecule has 0 saturated heterocycles. The zero-order chi connectivity index (χ0) is 16.4. The quantitative estimate of drug-likeness (QED) is 0.797. The van der Waals surface area contributed by atoms with Crippen LogP contribution < -0.4 is 0 Å². The van der Waals surface area contributed by atoms with Crippen molar-refractivity contribution < 1.29 is 5.11 Å². The topological polar surface area (TPSA) is 50.9 Å². The molecule has 0 bridgehead atoms. The first-order chi connectivity index (χ1) is 11.8. The van der Waals surface area contributed by atoms with Crippen LogP contribution in [0.4, 0.5) is 0 Å². The van der Waals surface area contributed by atoms with E-state index in [4.69, 9.17) is 0 Å². The van der Waals surface area contributed by atoms with Crippen LogP contribution in [0.1, 0.15) is 28.9 Å². The fourth-order valence-electron chi connectivity index (χ4n) is 3.22. The van der Waals surface area contributed by atoms with E-state index in [1.54, 1.807) is 0 Å². The predicted molar refractivity (Wildman–Crippen MR) is 95.8 cm³/mol. The Morgan fingerprint density at radius 3 is 2.21 bits per heavy atom. The van der Waals surface area contributed by atoms with Crippen LogP contribution in [0.25, 0.3) is 0 Å². The molecule has 0 aliphatic carbocycles. The molecular weight excluding hydrogens is 318 g/mol. The molecule has 3 aromatic rings. The Bertz CT molecular complexity index is 778. The van der Waals surface area contributed by atoms with Crippen molar-refractivity contribution in [1.29, 1.82) is 0 Å². The minimum absolute atomic E-state index is 0.648. The molecule has 0 spiro atoms. The van der Waals surface area contributed by atoms with Crippen molar-refractivity contribution >= 4 is 11.8 Å². The summed E-state index contributed by atoms with van der Waals surface area (Å²) in [4.78, 5) is 0. The van der Waals surface area contributed by atoms with Gasteiger partial charge in [0, 0.05) is 12.3 Å². The van der Waals surface area contributed by atoms with Crippen molar-refractivity contribution in [2.45, 2.75) is 24.3 Å². The van der Waals surface area contributed by atoms with E-state index >= 15 is 0 Å². The second-order valence-corrected chi connectivity index (χ2v) is 7.06. The number of thioether (sulfide) groups is 1. The summed E-state index contributed by atoms with van der Waals surface area (Å²) in [6.45, 7) is 0.856. The lowest BCUT2D eigenvalue weighted by Crippen LogP contribution is -2.30. The Kier molecular flexibility index (Phi) is 4.12. The Hall–Kier alpha value is -2.11. The average Bonchev–Trinajstić information content (AvgIpc) is 2.91. The summed E-state index contributed by atoms with van der Waals surface area (Å²) >= 11 is 1.87. The molecule has 1 aliphatic heterocycles. The molecule has 0 radical (unpaired) electrons. The van der Waals surface area contributed by atoms with Crippen LogP contribution in [0, 0.1) is 0 Å². The predicted octanol–water partition coefficient (Wildman–Crippen LogP) is 3.20. The minimum Gasteiger partial charge on any atom is -0.374 e. The second-order valence-electron chi connectivity index (χ2n) is 5.96. The first-order valence-electron chi connectivity index (χ1n) is 8.14. The normalized spacial score (nSPS) is 14.9. The molecule has 0 atom stereocenters. The minimum atomic E-state index is -1.29. The summed E-state index contributed by atoms with van der Waals surface area (Å²) in [5.74, 6) is 1.93. The molecule has 0 amide bonds. The first-order valence-corrected chi connectivity index (χ1v) is 9.29. The summed E-state index contributed by atoms with van der Waals surface area (Å²) in [6.07, 6.45) is 1.08. The van der Waals surface area contributed by atoms with Crippen molar-refractivity contribution in [1.82, 2.24) is 15.0 Å². The molecule has 2 aromatic carbocycles. The lowest BCUT2D eigenvalue weighted by atomic mass is 9.83. The molecule has 2 heterocycles. The van der Waals surface area contributed by atoms with Crippen LogP contribution in [0.3, 0.4) is 0 Å². The van der Waals surface area contributed by atoms with Crippen molar-refractivity contribution in [3.05, 3.63) is 83.2 Å². The molecule has 1 aliphatic rings. The van der Waals surface area contributed by atoms with Crippen molar-refractivity contribution in [2.24, 2.45) is 0 Å². The number of rotatable bonds is 3. The maximum absolute atomic E-state index is 11.8. The summed E-state index contributed by atoms with van der Waals surface area (Å²) in [5.41, 5.74) is 2.01. The standard InChI is InChI=1S/C19H19N3OS/c23-19(15-8-3-1-4-9-15,16-10-5-2-6-11-16)18-17-14-24-13-7-12-22(17)21-20-18/h1-6,8-11,23H,7,12-14H2. The van der Waals surface area contributed by atoms with E-state index in [-0.39, 0.29) is 0 Å². The molecule has 0 fully saturated rings. The molecule has 122 valence electrons. The smallest absolute Gasteiger partial charge is 0.161 e. The van der Waals surface area contributed by atoms with E-state index < -0.39 is 5.60 Å².